The summed E-state index contributed by atoms with van der Waals surface area (Å²) in [5.74, 6) is -0.0715. The van der Waals surface area contributed by atoms with Crippen LogP contribution in [0.2, 0.25) is 5.02 Å². The van der Waals surface area contributed by atoms with Crippen LogP contribution in [-0.4, -0.2) is 20.5 Å². The number of hydrogen-bond acceptors (Lipinski definition) is 4. The summed E-state index contributed by atoms with van der Waals surface area (Å²) in [5, 5.41) is 8.24. The molecule has 0 spiro atoms. The topological polar surface area (TPSA) is 59.8 Å². The van der Waals surface area contributed by atoms with Crippen molar-refractivity contribution in [3.63, 3.8) is 0 Å². The highest BCUT2D eigenvalue weighted by molar-refractivity contribution is 6.30. The van der Waals surface area contributed by atoms with Crippen LogP contribution in [0.1, 0.15) is 29.5 Å². The number of ketones is 1. The number of fused-ring (bicyclic) bond motifs is 2. The second kappa shape index (κ2) is 6.56. The average molecular weight is 395 g/mol. The summed E-state index contributed by atoms with van der Waals surface area (Å²) in [6, 6.07) is 13.5. The third-order valence-electron chi connectivity index (χ3n) is 5.40. The average Bonchev–Trinajstić information content (AvgIpc) is 3.16. The lowest BCUT2D eigenvalue weighted by atomic mass is 9.76. The van der Waals surface area contributed by atoms with E-state index in [-0.39, 0.29) is 29.5 Å². The molecule has 7 heteroatoms. The molecular weight excluding hydrogens is 379 g/mol. The number of aromatic nitrogens is 3. The molecule has 5 rings (SSSR count). The van der Waals surface area contributed by atoms with Crippen molar-refractivity contribution in [2.24, 2.45) is 5.92 Å². The van der Waals surface area contributed by atoms with Gasteiger partial charge in [0.2, 0.25) is 5.95 Å². The van der Waals surface area contributed by atoms with E-state index in [0.29, 0.717) is 17.4 Å². The smallest absolute Gasteiger partial charge is 0.226 e. The SMILES string of the molecule is O=C1C[C@H](c2ccc(F)cc2)C=C2Nc3ncnn3[C@@H](c3ccc(Cl)cc3)[C@H]12. The minimum absolute atomic E-state index is 0.104. The molecule has 2 heterocycles. The van der Waals surface area contributed by atoms with E-state index in [1.807, 2.05) is 24.3 Å². The van der Waals surface area contributed by atoms with Gasteiger partial charge in [0, 0.05) is 23.1 Å². The number of rotatable bonds is 2. The second-order valence-corrected chi connectivity index (χ2v) is 7.51. The van der Waals surface area contributed by atoms with Gasteiger partial charge in [-0.25, -0.2) is 9.07 Å². The molecule has 1 aromatic heterocycles. The van der Waals surface area contributed by atoms with E-state index in [9.17, 15) is 9.18 Å². The Morgan fingerprint density at radius 1 is 1.07 bits per heavy atom. The number of Topliss-reactive ketones (excluding diaryl/α,β-unsaturated/α-hetero) is 1. The fraction of sp³-hybridized carbons (Fsp3) is 0.190. The van der Waals surface area contributed by atoms with E-state index in [2.05, 4.69) is 21.5 Å². The van der Waals surface area contributed by atoms with Gasteiger partial charge in [0.25, 0.3) is 0 Å². The zero-order chi connectivity index (χ0) is 19.3. The molecule has 0 saturated heterocycles. The lowest BCUT2D eigenvalue weighted by Crippen LogP contribution is -2.40. The van der Waals surface area contributed by atoms with Gasteiger partial charge in [-0.3, -0.25) is 4.79 Å². The van der Waals surface area contributed by atoms with Gasteiger partial charge in [0.15, 0.2) is 0 Å². The maximum atomic E-state index is 13.3. The molecule has 0 unspecified atom stereocenters. The fourth-order valence-corrected chi connectivity index (χ4v) is 4.22. The number of benzene rings is 2. The van der Waals surface area contributed by atoms with Gasteiger partial charge in [-0.15, -0.1) is 0 Å². The molecule has 28 heavy (non-hydrogen) atoms. The summed E-state index contributed by atoms with van der Waals surface area (Å²) < 4.78 is 15.0. The van der Waals surface area contributed by atoms with Crippen molar-refractivity contribution in [3.05, 3.63) is 88.6 Å². The molecule has 3 atom stereocenters. The van der Waals surface area contributed by atoms with E-state index < -0.39 is 0 Å². The van der Waals surface area contributed by atoms with E-state index in [1.165, 1.54) is 18.5 Å². The first-order chi connectivity index (χ1) is 13.6. The Labute approximate surface area is 165 Å². The summed E-state index contributed by atoms with van der Waals surface area (Å²) in [6.07, 6.45) is 3.89. The number of carbonyl (C=O) groups excluding carboxylic acids is 1. The Kier molecular flexibility index (Phi) is 4.02. The summed E-state index contributed by atoms with van der Waals surface area (Å²) in [6.45, 7) is 0. The van der Waals surface area contributed by atoms with Crippen LogP contribution in [0, 0.1) is 11.7 Å². The minimum Gasteiger partial charge on any atom is -0.328 e. The van der Waals surface area contributed by atoms with Crippen molar-refractivity contribution in [2.45, 2.75) is 18.4 Å². The highest BCUT2D eigenvalue weighted by Gasteiger charge is 2.43. The van der Waals surface area contributed by atoms with Gasteiger partial charge in [-0.2, -0.15) is 10.1 Å². The van der Waals surface area contributed by atoms with Crippen molar-refractivity contribution in [2.75, 3.05) is 5.32 Å². The Hall–Kier alpha value is -2.99. The Morgan fingerprint density at radius 2 is 1.79 bits per heavy atom. The Morgan fingerprint density at radius 3 is 2.54 bits per heavy atom. The first-order valence-electron chi connectivity index (χ1n) is 9.02. The summed E-state index contributed by atoms with van der Waals surface area (Å²) >= 11 is 6.04. The monoisotopic (exact) mass is 394 g/mol. The van der Waals surface area contributed by atoms with E-state index in [4.69, 9.17) is 11.6 Å². The molecule has 1 aliphatic heterocycles. The Bertz CT molecular complexity index is 1070. The van der Waals surface area contributed by atoms with Crippen LogP contribution in [0.5, 0.6) is 0 Å². The number of anilines is 1. The van der Waals surface area contributed by atoms with Crippen molar-refractivity contribution in [3.8, 4) is 0 Å². The molecule has 2 aliphatic rings. The number of nitrogens with one attached hydrogen (secondary N) is 1. The highest BCUT2D eigenvalue weighted by atomic mass is 35.5. The van der Waals surface area contributed by atoms with Crippen LogP contribution in [0.25, 0.3) is 0 Å². The lowest BCUT2D eigenvalue weighted by molar-refractivity contribution is -0.123. The molecule has 0 bridgehead atoms. The van der Waals surface area contributed by atoms with Crippen LogP contribution in [0.15, 0.2) is 66.6 Å². The van der Waals surface area contributed by atoms with Crippen LogP contribution in [0.4, 0.5) is 10.3 Å². The van der Waals surface area contributed by atoms with E-state index >= 15 is 0 Å². The molecule has 0 saturated carbocycles. The standard InChI is InChI=1S/C21H16ClFN4O/c22-15-5-1-13(2-6-15)20-19-17(26-21-24-11-25-27(20)21)9-14(10-18(19)28)12-3-7-16(23)8-4-12/h1-9,11,14,19-20H,10H2,(H,24,25,26)/t14-,19+,20+/m1/s1. The number of carbonyl (C=O) groups is 1. The predicted molar refractivity (Wildman–Crippen MR) is 104 cm³/mol. The first-order valence-corrected chi connectivity index (χ1v) is 9.40. The summed E-state index contributed by atoms with van der Waals surface area (Å²) in [4.78, 5) is 17.5. The molecule has 1 aliphatic carbocycles. The fourth-order valence-electron chi connectivity index (χ4n) is 4.09. The van der Waals surface area contributed by atoms with Gasteiger partial charge >= 0.3 is 0 Å². The molecule has 3 aromatic rings. The van der Waals surface area contributed by atoms with Crippen molar-refractivity contribution < 1.29 is 9.18 Å². The molecule has 5 nitrogen and oxygen atoms in total. The number of nitrogens with zero attached hydrogens (tertiary/aromatic N) is 3. The molecule has 0 radical (unpaired) electrons. The van der Waals surface area contributed by atoms with Crippen LogP contribution >= 0.6 is 11.6 Å². The van der Waals surface area contributed by atoms with Gasteiger partial charge in [0.1, 0.15) is 17.9 Å². The maximum absolute atomic E-state index is 13.3. The van der Waals surface area contributed by atoms with E-state index in [1.54, 1.807) is 16.8 Å². The zero-order valence-electron chi connectivity index (χ0n) is 14.7. The van der Waals surface area contributed by atoms with Gasteiger partial charge < -0.3 is 5.32 Å². The highest BCUT2D eigenvalue weighted by Crippen LogP contribution is 2.44. The number of halogens is 2. The predicted octanol–water partition coefficient (Wildman–Crippen LogP) is 4.34. The lowest BCUT2D eigenvalue weighted by Gasteiger charge is -2.38. The number of allylic oxidation sites excluding steroid dienone is 2. The molecule has 140 valence electrons. The van der Waals surface area contributed by atoms with Gasteiger partial charge in [0.05, 0.1) is 12.0 Å². The molecule has 0 amide bonds. The second-order valence-electron chi connectivity index (χ2n) is 7.08. The summed E-state index contributed by atoms with van der Waals surface area (Å²) in [7, 11) is 0. The molecule has 1 N–H and O–H groups in total. The van der Waals surface area contributed by atoms with Crippen LogP contribution < -0.4 is 5.32 Å². The van der Waals surface area contributed by atoms with Crippen molar-refractivity contribution >= 4 is 23.3 Å². The van der Waals surface area contributed by atoms with Gasteiger partial charge in [-0.05, 0) is 35.4 Å². The third kappa shape index (κ3) is 2.81. The van der Waals surface area contributed by atoms with Crippen molar-refractivity contribution in [1.29, 1.82) is 0 Å². The molecular formula is C21H16ClFN4O. The maximum Gasteiger partial charge on any atom is 0.226 e. The minimum atomic E-state index is -0.382. The van der Waals surface area contributed by atoms with Gasteiger partial charge in [-0.1, -0.05) is 41.9 Å². The number of hydrogen-bond donors (Lipinski definition) is 1. The van der Waals surface area contributed by atoms with Crippen LogP contribution in [0.3, 0.4) is 0 Å². The normalized spacial score (nSPS) is 23.4. The quantitative estimate of drug-likeness (QED) is 0.702. The molecule has 0 fully saturated rings. The van der Waals surface area contributed by atoms with Crippen molar-refractivity contribution in [1.82, 2.24) is 14.8 Å². The van der Waals surface area contributed by atoms with Crippen LogP contribution in [-0.2, 0) is 4.79 Å². The zero-order valence-corrected chi connectivity index (χ0v) is 15.5. The largest absolute Gasteiger partial charge is 0.328 e. The van der Waals surface area contributed by atoms with E-state index in [0.717, 1.165) is 16.8 Å². The molecule has 2 aromatic carbocycles. The summed E-state index contributed by atoms with van der Waals surface area (Å²) in [5.41, 5.74) is 2.67. The third-order valence-corrected chi connectivity index (χ3v) is 5.65. The first kappa shape index (κ1) is 17.1. The Balaban J connectivity index is 1.60.